The Morgan fingerprint density at radius 1 is 0.750 bits per heavy atom. The number of benzene rings is 3. The molecule has 164 valence electrons. The van der Waals surface area contributed by atoms with E-state index in [4.69, 9.17) is 34.8 Å². The van der Waals surface area contributed by atoms with E-state index in [-0.39, 0.29) is 17.0 Å². The molecule has 3 aromatic carbocycles. The SMILES string of the molecule is O=C(N[C@H](Cc1ccccc1)C(=O)NNC(=O)c1cc(Cl)ccc1Cl)c1ccc(Cl)cc1. The zero-order valence-corrected chi connectivity index (χ0v) is 18.8. The monoisotopic (exact) mass is 489 g/mol. The van der Waals surface area contributed by atoms with Crippen LogP contribution in [0.2, 0.25) is 15.1 Å². The average molecular weight is 491 g/mol. The molecule has 0 heterocycles. The molecule has 0 saturated carbocycles. The summed E-state index contributed by atoms with van der Waals surface area (Å²) in [7, 11) is 0. The van der Waals surface area contributed by atoms with Gasteiger partial charge >= 0.3 is 0 Å². The Morgan fingerprint density at radius 2 is 1.41 bits per heavy atom. The summed E-state index contributed by atoms with van der Waals surface area (Å²) in [5, 5.41) is 3.68. The molecule has 0 spiro atoms. The van der Waals surface area contributed by atoms with E-state index in [9.17, 15) is 14.4 Å². The normalized spacial score (nSPS) is 11.3. The zero-order chi connectivity index (χ0) is 23.1. The lowest BCUT2D eigenvalue weighted by atomic mass is 10.0. The number of carbonyl (C=O) groups is 3. The first-order chi connectivity index (χ1) is 15.3. The Balaban J connectivity index is 1.72. The zero-order valence-electron chi connectivity index (χ0n) is 16.6. The Morgan fingerprint density at radius 3 is 2.09 bits per heavy atom. The summed E-state index contributed by atoms with van der Waals surface area (Å²) in [6.07, 6.45) is 0.208. The van der Waals surface area contributed by atoms with Crippen LogP contribution in [0.4, 0.5) is 0 Å². The third-order valence-electron chi connectivity index (χ3n) is 4.48. The van der Waals surface area contributed by atoms with Crippen molar-refractivity contribution >= 4 is 52.5 Å². The van der Waals surface area contributed by atoms with Crippen LogP contribution in [0.5, 0.6) is 0 Å². The second-order valence-electron chi connectivity index (χ2n) is 6.79. The van der Waals surface area contributed by atoms with Crippen LogP contribution in [-0.4, -0.2) is 23.8 Å². The molecule has 0 fully saturated rings. The van der Waals surface area contributed by atoms with Gasteiger partial charge in [0.05, 0.1) is 10.6 Å². The van der Waals surface area contributed by atoms with Crippen LogP contribution in [0.25, 0.3) is 0 Å². The van der Waals surface area contributed by atoms with E-state index < -0.39 is 23.8 Å². The number of carbonyl (C=O) groups excluding carboxylic acids is 3. The predicted molar refractivity (Wildman–Crippen MR) is 125 cm³/mol. The van der Waals surface area contributed by atoms with Crippen molar-refractivity contribution in [2.75, 3.05) is 0 Å². The average Bonchev–Trinajstić information content (AvgIpc) is 2.79. The van der Waals surface area contributed by atoms with E-state index in [1.165, 1.54) is 12.1 Å². The van der Waals surface area contributed by atoms with Gasteiger partial charge in [-0.25, -0.2) is 0 Å². The number of rotatable bonds is 6. The lowest BCUT2D eigenvalue weighted by Crippen LogP contribution is -2.53. The molecule has 0 radical (unpaired) electrons. The van der Waals surface area contributed by atoms with E-state index >= 15 is 0 Å². The van der Waals surface area contributed by atoms with Crippen molar-refractivity contribution in [3.8, 4) is 0 Å². The Hall–Kier alpha value is -3.06. The Bertz CT molecular complexity index is 1120. The lowest BCUT2D eigenvalue weighted by Gasteiger charge is -2.19. The molecule has 3 amide bonds. The number of nitrogens with one attached hydrogen (secondary N) is 3. The molecule has 0 saturated heterocycles. The summed E-state index contributed by atoms with van der Waals surface area (Å²) >= 11 is 17.8. The van der Waals surface area contributed by atoms with Crippen LogP contribution in [0.1, 0.15) is 26.3 Å². The first-order valence-corrected chi connectivity index (χ1v) is 10.6. The molecule has 32 heavy (non-hydrogen) atoms. The van der Waals surface area contributed by atoms with E-state index in [1.54, 1.807) is 30.3 Å². The van der Waals surface area contributed by atoms with Gasteiger partial charge in [0.25, 0.3) is 17.7 Å². The fourth-order valence-corrected chi connectivity index (χ4v) is 3.35. The number of amides is 3. The van der Waals surface area contributed by atoms with E-state index in [0.717, 1.165) is 5.56 Å². The van der Waals surface area contributed by atoms with Crippen LogP contribution in [0.3, 0.4) is 0 Å². The van der Waals surface area contributed by atoms with Crippen molar-refractivity contribution in [1.29, 1.82) is 0 Å². The van der Waals surface area contributed by atoms with Crippen molar-refractivity contribution in [2.45, 2.75) is 12.5 Å². The largest absolute Gasteiger partial charge is 0.340 e. The summed E-state index contributed by atoms with van der Waals surface area (Å²) in [6, 6.07) is 18.9. The maximum Gasteiger partial charge on any atom is 0.271 e. The minimum Gasteiger partial charge on any atom is -0.340 e. The van der Waals surface area contributed by atoms with Gasteiger partial charge in [-0.15, -0.1) is 0 Å². The highest BCUT2D eigenvalue weighted by Gasteiger charge is 2.23. The molecular weight excluding hydrogens is 473 g/mol. The minimum absolute atomic E-state index is 0.101. The first kappa shape index (κ1) is 23.6. The van der Waals surface area contributed by atoms with Crippen molar-refractivity contribution in [3.63, 3.8) is 0 Å². The van der Waals surface area contributed by atoms with E-state index in [2.05, 4.69) is 16.2 Å². The molecule has 0 aliphatic rings. The smallest absolute Gasteiger partial charge is 0.271 e. The van der Waals surface area contributed by atoms with Crippen molar-refractivity contribution in [3.05, 3.63) is 105 Å². The fraction of sp³-hybridized carbons (Fsp3) is 0.0870. The van der Waals surface area contributed by atoms with Crippen LogP contribution in [-0.2, 0) is 11.2 Å². The van der Waals surface area contributed by atoms with Gasteiger partial charge in [0.2, 0.25) is 0 Å². The maximum absolute atomic E-state index is 12.8. The fourth-order valence-electron chi connectivity index (χ4n) is 2.85. The van der Waals surface area contributed by atoms with Crippen molar-refractivity contribution in [1.82, 2.24) is 16.2 Å². The highest BCUT2D eigenvalue weighted by Crippen LogP contribution is 2.20. The number of hydrogen-bond acceptors (Lipinski definition) is 3. The molecule has 0 aromatic heterocycles. The van der Waals surface area contributed by atoms with Crippen LogP contribution in [0, 0.1) is 0 Å². The maximum atomic E-state index is 12.8. The lowest BCUT2D eigenvalue weighted by molar-refractivity contribution is -0.123. The summed E-state index contributed by atoms with van der Waals surface area (Å²) in [5.74, 6) is -1.71. The van der Waals surface area contributed by atoms with Gasteiger partial charge in [-0.1, -0.05) is 65.1 Å². The molecule has 1 atom stereocenters. The molecule has 3 N–H and O–H groups in total. The highest BCUT2D eigenvalue weighted by atomic mass is 35.5. The number of hydrazine groups is 1. The molecule has 9 heteroatoms. The van der Waals surface area contributed by atoms with Crippen molar-refractivity contribution < 1.29 is 14.4 Å². The molecule has 0 unspecified atom stereocenters. The molecule has 3 rings (SSSR count). The number of hydrogen-bond donors (Lipinski definition) is 3. The Labute approximate surface area is 199 Å². The molecule has 6 nitrogen and oxygen atoms in total. The van der Waals surface area contributed by atoms with Crippen LogP contribution in [0.15, 0.2) is 72.8 Å². The quantitative estimate of drug-likeness (QED) is 0.446. The second kappa shape index (κ2) is 11.0. The van der Waals surface area contributed by atoms with Crippen LogP contribution < -0.4 is 16.2 Å². The third-order valence-corrected chi connectivity index (χ3v) is 5.30. The first-order valence-electron chi connectivity index (χ1n) is 9.49. The molecular formula is C23H18Cl3N3O3. The molecule has 0 aliphatic carbocycles. The summed E-state index contributed by atoms with van der Waals surface area (Å²) in [5.41, 5.74) is 5.91. The standard InChI is InChI=1S/C23H18Cl3N3O3/c24-16-8-6-15(7-9-16)21(30)27-20(12-14-4-2-1-3-5-14)23(32)29-28-22(31)18-13-17(25)10-11-19(18)26/h1-11,13,20H,12H2,(H,27,30)(H,28,31)(H,29,32)/t20-/m1/s1. The predicted octanol–water partition coefficient (Wildman–Crippen LogP) is 4.45. The topological polar surface area (TPSA) is 87.3 Å². The van der Waals surface area contributed by atoms with Gasteiger partial charge in [-0.05, 0) is 48.0 Å². The second-order valence-corrected chi connectivity index (χ2v) is 8.07. The van der Waals surface area contributed by atoms with Gasteiger partial charge in [0.1, 0.15) is 6.04 Å². The molecule has 0 bridgehead atoms. The van der Waals surface area contributed by atoms with Gasteiger partial charge in [-0.2, -0.15) is 0 Å². The van der Waals surface area contributed by atoms with E-state index in [0.29, 0.717) is 15.6 Å². The highest BCUT2D eigenvalue weighted by molar-refractivity contribution is 6.35. The molecule has 3 aromatic rings. The Kier molecular flexibility index (Phi) is 8.11. The molecule has 0 aliphatic heterocycles. The summed E-state index contributed by atoms with van der Waals surface area (Å²) < 4.78 is 0. The third kappa shape index (κ3) is 6.47. The van der Waals surface area contributed by atoms with Crippen LogP contribution >= 0.6 is 34.8 Å². The van der Waals surface area contributed by atoms with Gasteiger partial charge in [-0.3, -0.25) is 25.2 Å². The minimum atomic E-state index is -0.962. The number of halogens is 3. The van der Waals surface area contributed by atoms with Gasteiger partial charge < -0.3 is 5.32 Å². The van der Waals surface area contributed by atoms with Gasteiger partial charge in [0, 0.05) is 22.0 Å². The van der Waals surface area contributed by atoms with E-state index in [1.807, 2.05) is 30.3 Å². The van der Waals surface area contributed by atoms with Crippen molar-refractivity contribution in [2.24, 2.45) is 0 Å². The summed E-state index contributed by atoms with van der Waals surface area (Å²) in [4.78, 5) is 37.9. The van der Waals surface area contributed by atoms with Gasteiger partial charge in [0.15, 0.2) is 0 Å². The summed E-state index contributed by atoms with van der Waals surface area (Å²) in [6.45, 7) is 0.